The predicted octanol–water partition coefficient (Wildman–Crippen LogP) is 3.52. The van der Waals surface area contributed by atoms with Crippen molar-refractivity contribution >= 4 is 71.9 Å². The number of hydrogen-bond acceptors (Lipinski definition) is 5. The van der Waals surface area contributed by atoms with Crippen LogP contribution in [-0.4, -0.2) is 38.8 Å². The van der Waals surface area contributed by atoms with Crippen LogP contribution in [0.2, 0.25) is 0 Å². The number of nitrogens with zero attached hydrogens (tertiary/aromatic N) is 2. The van der Waals surface area contributed by atoms with Crippen LogP contribution in [0.15, 0.2) is 60.2 Å². The standard InChI is InChI=1S/C20H13AsFN5O2S/c21-17-16-13(9-30-19(16)24-10-23-17)18(28)25-11-5-7-12(8-6-11)26-20(29)27-15-4-2-1-3-14(15)22/h1-10H,(H,25,28)(H2,26,27,29). The summed E-state index contributed by atoms with van der Waals surface area (Å²) in [5.74, 6) is -0.799. The summed E-state index contributed by atoms with van der Waals surface area (Å²) in [6.07, 6.45) is 1.46. The quantitative estimate of drug-likeness (QED) is 0.389. The van der Waals surface area contributed by atoms with Crippen molar-refractivity contribution < 1.29 is 14.0 Å². The first-order valence-corrected chi connectivity index (χ1v) is 10.5. The van der Waals surface area contributed by atoms with E-state index in [1.807, 2.05) is 0 Å². The van der Waals surface area contributed by atoms with Crippen LogP contribution in [0.4, 0.5) is 26.2 Å². The molecule has 4 aromatic rings. The van der Waals surface area contributed by atoms with E-state index in [1.54, 1.807) is 35.7 Å². The monoisotopic (exact) mass is 481 g/mol. The van der Waals surface area contributed by atoms with Crippen LogP contribution >= 0.6 is 11.3 Å². The Labute approximate surface area is 183 Å². The van der Waals surface area contributed by atoms with Crippen LogP contribution < -0.4 is 20.4 Å². The molecule has 2 heterocycles. The van der Waals surface area contributed by atoms with E-state index < -0.39 is 11.8 Å². The Bertz CT molecular complexity index is 1250. The van der Waals surface area contributed by atoms with Gasteiger partial charge in [-0.25, -0.2) is 4.39 Å². The molecule has 3 amide bonds. The summed E-state index contributed by atoms with van der Waals surface area (Å²) < 4.78 is 14.3. The number of carbonyl (C=O) groups excluding carboxylic acids is 2. The second-order valence-electron chi connectivity index (χ2n) is 6.12. The predicted molar refractivity (Wildman–Crippen MR) is 116 cm³/mol. The molecule has 0 atom stereocenters. The SMILES string of the molecule is O=C(Nc1ccc(NC(=O)c2csc3ncnc([As])c23)cc1)Nc1ccccc1F. The summed E-state index contributed by atoms with van der Waals surface area (Å²) in [7, 11) is 0. The molecule has 2 radical (unpaired) electrons. The topological polar surface area (TPSA) is 96.0 Å². The van der Waals surface area contributed by atoms with Gasteiger partial charge in [0.2, 0.25) is 0 Å². The fourth-order valence-electron chi connectivity index (χ4n) is 2.71. The van der Waals surface area contributed by atoms with Gasteiger partial charge in [-0.05, 0) is 12.1 Å². The van der Waals surface area contributed by atoms with Crippen LogP contribution in [0.3, 0.4) is 0 Å². The van der Waals surface area contributed by atoms with E-state index in [0.717, 1.165) is 4.83 Å². The first-order valence-electron chi connectivity index (χ1n) is 8.66. The second-order valence-corrected chi connectivity index (χ2v) is 7.86. The Morgan fingerprint density at radius 2 is 1.63 bits per heavy atom. The summed E-state index contributed by atoms with van der Waals surface area (Å²) in [4.78, 5) is 33.7. The van der Waals surface area contributed by atoms with Crippen LogP contribution in [0.5, 0.6) is 0 Å². The number of rotatable bonds is 4. The molecule has 0 aliphatic carbocycles. The molecule has 2 aromatic carbocycles. The van der Waals surface area contributed by atoms with E-state index in [9.17, 15) is 14.0 Å². The summed E-state index contributed by atoms with van der Waals surface area (Å²) in [5.41, 5.74) is 1.63. The average molecular weight is 481 g/mol. The summed E-state index contributed by atoms with van der Waals surface area (Å²) in [6.45, 7) is 0. The molecule has 148 valence electrons. The Hall–Kier alpha value is -3.29. The van der Waals surface area contributed by atoms with Crippen LogP contribution in [0, 0.1) is 5.82 Å². The van der Waals surface area contributed by atoms with Crippen molar-refractivity contribution in [3.05, 3.63) is 71.6 Å². The van der Waals surface area contributed by atoms with E-state index in [2.05, 4.69) is 42.8 Å². The molecule has 10 heteroatoms. The smallest absolute Gasteiger partial charge is 0.205 e. The molecule has 30 heavy (non-hydrogen) atoms. The van der Waals surface area contributed by atoms with Crippen molar-refractivity contribution in [3.8, 4) is 0 Å². The van der Waals surface area contributed by atoms with Crippen molar-refractivity contribution in [2.24, 2.45) is 0 Å². The summed E-state index contributed by atoms with van der Waals surface area (Å²) >= 11 is 3.71. The molecular formula is C20H13AsFN5O2S. The maximum atomic E-state index is 13.6. The first-order chi connectivity index (χ1) is 14.5. The Balaban J connectivity index is 1.41. The molecule has 0 fully saturated rings. The number of urea groups is 1. The van der Waals surface area contributed by atoms with Crippen LogP contribution in [0.1, 0.15) is 10.4 Å². The maximum absolute atomic E-state index is 13.6. The second kappa shape index (κ2) is 8.60. The van der Waals surface area contributed by atoms with Gasteiger partial charge in [0, 0.05) is 0 Å². The number of fused-ring (bicyclic) bond motifs is 1. The van der Waals surface area contributed by atoms with Gasteiger partial charge in [0.15, 0.2) is 0 Å². The molecule has 0 saturated heterocycles. The molecule has 7 nitrogen and oxygen atoms in total. The van der Waals surface area contributed by atoms with Gasteiger partial charge in [-0.3, -0.25) is 0 Å². The molecule has 0 bridgehead atoms. The van der Waals surface area contributed by atoms with E-state index >= 15 is 0 Å². The Morgan fingerprint density at radius 1 is 0.933 bits per heavy atom. The minimum atomic E-state index is -0.574. The van der Waals surface area contributed by atoms with E-state index in [-0.39, 0.29) is 11.6 Å². The third-order valence-corrected chi connectivity index (χ3v) is 5.72. The number of hydrogen-bond donors (Lipinski definition) is 3. The van der Waals surface area contributed by atoms with Gasteiger partial charge < -0.3 is 0 Å². The molecule has 0 unspecified atom stereocenters. The molecule has 2 aromatic heterocycles. The molecule has 0 aliphatic rings. The Kier molecular flexibility index (Phi) is 5.74. The Morgan fingerprint density at radius 3 is 2.37 bits per heavy atom. The number of halogens is 1. The molecule has 3 N–H and O–H groups in total. The van der Waals surface area contributed by atoms with E-state index in [4.69, 9.17) is 0 Å². The number of amides is 3. The van der Waals surface area contributed by atoms with Crippen LogP contribution in [0.25, 0.3) is 10.2 Å². The number of aromatic nitrogens is 2. The third kappa shape index (κ3) is 4.32. The number of anilines is 3. The third-order valence-electron chi connectivity index (χ3n) is 4.12. The minimum Gasteiger partial charge on any atom is -0.205 e. The molecule has 0 saturated carbocycles. The van der Waals surface area contributed by atoms with Crippen LogP contribution in [-0.2, 0) is 0 Å². The van der Waals surface area contributed by atoms with Gasteiger partial charge >= 0.3 is 143 Å². The zero-order valence-electron chi connectivity index (χ0n) is 15.2. The number of carbonyl (C=O) groups is 2. The normalized spacial score (nSPS) is 10.6. The minimum absolute atomic E-state index is 0.0831. The van der Waals surface area contributed by atoms with Crippen molar-refractivity contribution in [2.45, 2.75) is 0 Å². The molecule has 0 aliphatic heterocycles. The zero-order chi connectivity index (χ0) is 21.1. The molecule has 0 spiro atoms. The van der Waals surface area contributed by atoms with Gasteiger partial charge in [-0.15, -0.1) is 0 Å². The number of nitrogens with one attached hydrogen (secondary N) is 3. The first kappa shape index (κ1) is 20.0. The molecular weight excluding hydrogens is 468 g/mol. The fraction of sp³-hybridized carbons (Fsp3) is 0. The number of benzene rings is 2. The van der Waals surface area contributed by atoms with Crippen molar-refractivity contribution in [2.75, 3.05) is 16.0 Å². The van der Waals surface area contributed by atoms with Gasteiger partial charge in [0.1, 0.15) is 5.82 Å². The summed E-state index contributed by atoms with van der Waals surface area (Å²) in [6, 6.07) is 11.9. The van der Waals surface area contributed by atoms with Gasteiger partial charge in [-0.1, -0.05) is 12.1 Å². The average Bonchev–Trinajstić information content (AvgIpc) is 3.17. The fourth-order valence-corrected chi connectivity index (χ4v) is 4.34. The molecule has 4 rings (SSSR count). The van der Waals surface area contributed by atoms with Crippen molar-refractivity contribution in [1.82, 2.24) is 9.97 Å². The summed E-state index contributed by atoms with van der Waals surface area (Å²) in [5, 5.41) is 10.3. The van der Waals surface area contributed by atoms with Crippen molar-refractivity contribution in [1.29, 1.82) is 0 Å². The van der Waals surface area contributed by atoms with Gasteiger partial charge in [0.25, 0.3) is 0 Å². The van der Waals surface area contributed by atoms with Gasteiger partial charge in [0.05, 0.1) is 5.69 Å². The number of para-hydroxylation sites is 1. The van der Waals surface area contributed by atoms with Crippen molar-refractivity contribution in [3.63, 3.8) is 0 Å². The zero-order valence-corrected chi connectivity index (χ0v) is 17.9. The van der Waals surface area contributed by atoms with E-state index in [0.29, 0.717) is 26.8 Å². The van der Waals surface area contributed by atoms with Gasteiger partial charge in [-0.2, -0.15) is 0 Å². The van der Waals surface area contributed by atoms with E-state index in [1.165, 1.54) is 35.9 Å². The number of thiophene rings is 1.